The average Bonchev–Trinajstić information content (AvgIpc) is 3.18. The molecule has 3 saturated heterocycles. The van der Waals surface area contributed by atoms with Crippen LogP contribution in [0.4, 0.5) is 0 Å². The molecule has 7 nitrogen and oxygen atoms in total. The maximum Gasteiger partial charge on any atom is 0.281 e. The molecule has 0 aromatic carbocycles. The molecule has 162 valence electrons. The highest BCUT2D eigenvalue weighted by Crippen LogP contribution is 2.27. The lowest BCUT2D eigenvalue weighted by Gasteiger charge is -2.39. The maximum atomic E-state index is 13.0. The van der Waals surface area contributed by atoms with Gasteiger partial charge in [0.25, 0.3) is 10.2 Å². The van der Waals surface area contributed by atoms with Crippen LogP contribution >= 0.6 is 0 Å². The summed E-state index contributed by atoms with van der Waals surface area (Å²) in [6.45, 7) is 10.5. The molecule has 3 heterocycles. The molecule has 1 N–H and O–H groups in total. The van der Waals surface area contributed by atoms with Gasteiger partial charge in [0.05, 0.1) is 0 Å². The molecule has 0 bridgehead atoms. The Bertz CT molecular complexity index is 603. The number of piperidine rings is 2. The smallest absolute Gasteiger partial charge is 0.281 e. The Labute approximate surface area is 171 Å². The zero-order valence-electron chi connectivity index (χ0n) is 17.6. The lowest BCUT2D eigenvalue weighted by atomic mass is 9.94. The Balaban J connectivity index is 1.40. The van der Waals surface area contributed by atoms with Gasteiger partial charge in [0.15, 0.2) is 0 Å². The fraction of sp³-hybridized carbons (Fsp3) is 0.950. The van der Waals surface area contributed by atoms with Crippen molar-refractivity contribution >= 4 is 16.1 Å². The van der Waals surface area contributed by atoms with E-state index in [-0.39, 0.29) is 11.8 Å². The monoisotopic (exact) mass is 414 g/mol. The Morgan fingerprint density at radius 3 is 2.18 bits per heavy atom. The Morgan fingerprint density at radius 2 is 1.57 bits per heavy atom. The molecule has 0 spiro atoms. The summed E-state index contributed by atoms with van der Waals surface area (Å²) in [5, 5.41) is 3.06. The minimum Gasteiger partial charge on any atom is -0.356 e. The van der Waals surface area contributed by atoms with Gasteiger partial charge in [-0.2, -0.15) is 17.0 Å². The van der Waals surface area contributed by atoms with Gasteiger partial charge in [-0.15, -0.1) is 0 Å². The van der Waals surface area contributed by atoms with E-state index in [0.717, 1.165) is 25.9 Å². The van der Waals surface area contributed by atoms with Crippen molar-refractivity contribution in [1.29, 1.82) is 0 Å². The molecule has 3 rings (SSSR count). The number of nitrogens with one attached hydrogen (secondary N) is 1. The van der Waals surface area contributed by atoms with Gasteiger partial charge in [-0.1, -0.05) is 13.8 Å². The summed E-state index contributed by atoms with van der Waals surface area (Å²) in [5.74, 6) is 0.848. The zero-order valence-corrected chi connectivity index (χ0v) is 18.4. The van der Waals surface area contributed by atoms with E-state index in [2.05, 4.69) is 24.1 Å². The fourth-order valence-electron chi connectivity index (χ4n) is 4.97. The summed E-state index contributed by atoms with van der Waals surface area (Å²) in [7, 11) is -3.40. The molecule has 3 aliphatic rings. The van der Waals surface area contributed by atoms with Crippen LogP contribution in [0.15, 0.2) is 0 Å². The summed E-state index contributed by atoms with van der Waals surface area (Å²) >= 11 is 0. The standard InChI is InChI=1S/C20H38N4O3S/c1-17-14-18(2)16-24(15-17)28(26,27)23-12-6-19(7-13-23)20(25)21-8-5-11-22-9-3-4-10-22/h17-19H,3-16H2,1-2H3,(H,21,25). The molecule has 0 radical (unpaired) electrons. The van der Waals surface area contributed by atoms with E-state index in [4.69, 9.17) is 0 Å². The van der Waals surface area contributed by atoms with Crippen molar-refractivity contribution in [1.82, 2.24) is 18.8 Å². The molecule has 3 fully saturated rings. The summed E-state index contributed by atoms with van der Waals surface area (Å²) in [6.07, 6.45) is 5.91. The first kappa shape index (κ1) is 22.0. The van der Waals surface area contributed by atoms with Gasteiger partial charge >= 0.3 is 0 Å². The quantitative estimate of drug-likeness (QED) is 0.641. The second-order valence-corrected chi connectivity index (χ2v) is 11.1. The van der Waals surface area contributed by atoms with Gasteiger partial charge in [-0.05, 0) is 70.0 Å². The van der Waals surface area contributed by atoms with Crippen LogP contribution in [0.3, 0.4) is 0 Å². The van der Waals surface area contributed by atoms with Crippen LogP contribution in [0.25, 0.3) is 0 Å². The molecule has 0 aromatic rings. The minimum atomic E-state index is -3.40. The minimum absolute atomic E-state index is 0.0579. The zero-order chi connectivity index (χ0) is 20.1. The molecule has 0 aromatic heterocycles. The lowest BCUT2D eigenvalue weighted by molar-refractivity contribution is -0.126. The van der Waals surface area contributed by atoms with Gasteiger partial charge < -0.3 is 10.2 Å². The summed E-state index contributed by atoms with van der Waals surface area (Å²) in [6, 6.07) is 0. The topological polar surface area (TPSA) is 73.0 Å². The Morgan fingerprint density at radius 1 is 0.964 bits per heavy atom. The van der Waals surface area contributed by atoms with Crippen LogP contribution in [0.1, 0.15) is 52.4 Å². The average molecular weight is 415 g/mol. The molecule has 8 heteroatoms. The summed E-state index contributed by atoms with van der Waals surface area (Å²) in [5.41, 5.74) is 0. The van der Waals surface area contributed by atoms with E-state index < -0.39 is 10.2 Å². The number of hydrogen-bond acceptors (Lipinski definition) is 4. The van der Waals surface area contributed by atoms with Gasteiger partial charge in [0.2, 0.25) is 5.91 Å². The number of carbonyl (C=O) groups excluding carboxylic acids is 1. The molecular weight excluding hydrogens is 376 g/mol. The number of likely N-dealkylation sites (tertiary alicyclic amines) is 1. The second-order valence-electron chi connectivity index (χ2n) is 9.14. The van der Waals surface area contributed by atoms with Gasteiger partial charge in [-0.3, -0.25) is 4.79 Å². The maximum absolute atomic E-state index is 13.0. The van der Waals surface area contributed by atoms with E-state index in [0.29, 0.717) is 50.9 Å². The SMILES string of the molecule is CC1CC(C)CN(S(=O)(=O)N2CCC(C(=O)NCCCN3CCCC3)CC2)C1. The molecule has 28 heavy (non-hydrogen) atoms. The van der Waals surface area contributed by atoms with E-state index >= 15 is 0 Å². The van der Waals surface area contributed by atoms with E-state index in [1.54, 1.807) is 8.61 Å². The van der Waals surface area contributed by atoms with Gasteiger partial charge in [-0.25, -0.2) is 0 Å². The van der Waals surface area contributed by atoms with Crippen molar-refractivity contribution in [2.75, 3.05) is 52.4 Å². The summed E-state index contributed by atoms with van der Waals surface area (Å²) in [4.78, 5) is 14.9. The van der Waals surface area contributed by atoms with Crippen molar-refractivity contribution < 1.29 is 13.2 Å². The van der Waals surface area contributed by atoms with Crippen LogP contribution in [0.5, 0.6) is 0 Å². The van der Waals surface area contributed by atoms with Crippen molar-refractivity contribution in [3.63, 3.8) is 0 Å². The van der Waals surface area contributed by atoms with Crippen LogP contribution in [-0.4, -0.2) is 80.2 Å². The predicted molar refractivity (Wildman–Crippen MR) is 111 cm³/mol. The Kier molecular flexibility index (Phi) is 7.75. The molecule has 1 amide bonds. The lowest BCUT2D eigenvalue weighted by Crippen LogP contribution is -2.52. The number of carbonyl (C=O) groups is 1. The number of rotatable bonds is 7. The number of amides is 1. The van der Waals surface area contributed by atoms with Gasteiger partial charge in [0, 0.05) is 38.6 Å². The molecule has 2 atom stereocenters. The molecule has 0 aliphatic carbocycles. The van der Waals surface area contributed by atoms with Crippen LogP contribution in [0.2, 0.25) is 0 Å². The van der Waals surface area contributed by atoms with Crippen molar-refractivity contribution in [2.45, 2.75) is 52.4 Å². The molecule has 0 saturated carbocycles. The summed E-state index contributed by atoms with van der Waals surface area (Å²) < 4.78 is 29.2. The highest BCUT2D eigenvalue weighted by atomic mass is 32.2. The molecule has 2 unspecified atom stereocenters. The van der Waals surface area contributed by atoms with Crippen LogP contribution < -0.4 is 5.32 Å². The Hall–Kier alpha value is -0.700. The number of nitrogens with zero attached hydrogens (tertiary/aromatic N) is 3. The van der Waals surface area contributed by atoms with Crippen molar-refractivity contribution in [3.05, 3.63) is 0 Å². The van der Waals surface area contributed by atoms with Crippen molar-refractivity contribution in [2.24, 2.45) is 17.8 Å². The first-order valence-electron chi connectivity index (χ1n) is 11.1. The van der Waals surface area contributed by atoms with Crippen LogP contribution in [-0.2, 0) is 15.0 Å². The second kappa shape index (κ2) is 9.87. The van der Waals surface area contributed by atoms with Gasteiger partial charge in [0.1, 0.15) is 0 Å². The van der Waals surface area contributed by atoms with Crippen LogP contribution in [0, 0.1) is 17.8 Å². The number of hydrogen-bond donors (Lipinski definition) is 1. The third-order valence-corrected chi connectivity index (χ3v) is 8.43. The first-order valence-corrected chi connectivity index (χ1v) is 12.5. The van der Waals surface area contributed by atoms with Crippen molar-refractivity contribution in [3.8, 4) is 0 Å². The predicted octanol–water partition coefficient (Wildman–Crippen LogP) is 1.52. The third-order valence-electron chi connectivity index (χ3n) is 6.46. The molecule has 3 aliphatic heterocycles. The largest absolute Gasteiger partial charge is 0.356 e. The van der Waals surface area contributed by atoms with E-state index in [9.17, 15) is 13.2 Å². The van der Waals surface area contributed by atoms with E-state index in [1.807, 2.05) is 0 Å². The van der Waals surface area contributed by atoms with E-state index in [1.165, 1.54) is 25.9 Å². The fourth-order valence-corrected chi connectivity index (χ4v) is 6.86. The third kappa shape index (κ3) is 5.68. The normalized spacial score (nSPS) is 29.2. The highest BCUT2D eigenvalue weighted by molar-refractivity contribution is 7.86. The highest BCUT2D eigenvalue weighted by Gasteiger charge is 2.37. The first-order chi connectivity index (χ1) is 13.4. The molecular formula is C20H38N4O3S.